The fourth-order valence-electron chi connectivity index (χ4n) is 1.37. The van der Waals surface area contributed by atoms with Gasteiger partial charge in [0.2, 0.25) is 0 Å². The molecule has 0 unspecified atom stereocenters. The number of nitrogen functional groups attached to an aromatic ring is 1. The minimum Gasteiger partial charge on any atom is -0.465 e. The molecular formula is C12H14N2O3. The standard InChI is InChI=1S/C12H14N2O3/c1-3-10(15)11(14)7-4-8(12(16)17-2)6-9(13)5-7/h4-6,14H,3,13H2,1-2H3. The van der Waals surface area contributed by atoms with Crippen molar-refractivity contribution in [3.63, 3.8) is 0 Å². The number of nitrogens with two attached hydrogens (primary N) is 1. The minimum absolute atomic E-state index is 0.148. The average molecular weight is 234 g/mol. The second-order valence-corrected chi connectivity index (χ2v) is 3.49. The molecular weight excluding hydrogens is 220 g/mol. The SMILES string of the molecule is CCC(=O)C(=N)c1cc(N)cc(C(=O)OC)c1. The predicted octanol–water partition coefficient (Wildman–Crippen LogP) is 1.40. The summed E-state index contributed by atoms with van der Waals surface area (Å²) in [7, 11) is 1.26. The van der Waals surface area contributed by atoms with Gasteiger partial charge in [0.05, 0.1) is 12.7 Å². The van der Waals surface area contributed by atoms with Crippen LogP contribution in [0.2, 0.25) is 0 Å². The number of esters is 1. The molecule has 1 aromatic carbocycles. The van der Waals surface area contributed by atoms with E-state index in [1.165, 1.54) is 25.3 Å². The Hall–Kier alpha value is -2.17. The maximum absolute atomic E-state index is 11.4. The van der Waals surface area contributed by atoms with E-state index in [1.54, 1.807) is 6.92 Å². The first-order valence-corrected chi connectivity index (χ1v) is 5.10. The van der Waals surface area contributed by atoms with Crippen molar-refractivity contribution in [1.82, 2.24) is 0 Å². The quantitative estimate of drug-likeness (QED) is 0.468. The molecule has 5 nitrogen and oxygen atoms in total. The minimum atomic E-state index is -0.546. The predicted molar refractivity (Wildman–Crippen MR) is 64.3 cm³/mol. The topological polar surface area (TPSA) is 93.2 Å². The molecule has 0 fully saturated rings. The van der Waals surface area contributed by atoms with Crippen LogP contribution in [0.15, 0.2) is 18.2 Å². The molecule has 0 saturated carbocycles. The maximum atomic E-state index is 11.4. The van der Waals surface area contributed by atoms with Gasteiger partial charge < -0.3 is 10.5 Å². The van der Waals surface area contributed by atoms with Crippen LogP contribution >= 0.6 is 0 Å². The lowest BCUT2D eigenvalue weighted by Crippen LogP contribution is -2.14. The molecule has 1 rings (SSSR count). The Kier molecular flexibility index (Phi) is 3.98. The van der Waals surface area contributed by atoms with Gasteiger partial charge >= 0.3 is 5.97 Å². The summed E-state index contributed by atoms with van der Waals surface area (Å²) in [5.41, 5.74) is 6.35. The van der Waals surface area contributed by atoms with Crippen LogP contribution in [0.25, 0.3) is 0 Å². The number of methoxy groups -OCH3 is 1. The summed E-state index contributed by atoms with van der Waals surface area (Å²) in [6.45, 7) is 1.67. The molecule has 0 radical (unpaired) electrons. The number of nitrogens with one attached hydrogen (secondary N) is 1. The van der Waals surface area contributed by atoms with Gasteiger partial charge in [0.15, 0.2) is 5.78 Å². The van der Waals surface area contributed by atoms with Crippen LogP contribution in [0, 0.1) is 5.41 Å². The molecule has 0 bridgehead atoms. The molecule has 0 aliphatic heterocycles. The van der Waals surface area contributed by atoms with E-state index >= 15 is 0 Å². The van der Waals surface area contributed by atoms with Gasteiger partial charge in [0, 0.05) is 17.7 Å². The first-order chi connectivity index (χ1) is 7.99. The number of anilines is 1. The van der Waals surface area contributed by atoms with Crippen molar-refractivity contribution < 1.29 is 14.3 Å². The number of Topliss-reactive ketones (excluding diaryl/α,β-unsaturated/α-hetero) is 1. The van der Waals surface area contributed by atoms with Gasteiger partial charge in [-0.1, -0.05) is 6.92 Å². The monoisotopic (exact) mass is 234 g/mol. The Balaban J connectivity index is 3.18. The molecule has 0 aliphatic rings. The molecule has 0 saturated heterocycles. The van der Waals surface area contributed by atoms with Gasteiger partial charge in [0.1, 0.15) is 5.71 Å². The fraction of sp³-hybridized carbons (Fsp3) is 0.250. The summed E-state index contributed by atoms with van der Waals surface area (Å²) in [4.78, 5) is 22.7. The number of ether oxygens (including phenoxy) is 1. The molecule has 90 valence electrons. The highest BCUT2D eigenvalue weighted by atomic mass is 16.5. The summed E-state index contributed by atoms with van der Waals surface area (Å²) in [6.07, 6.45) is 0.237. The summed E-state index contributed by atoms with van der Waals surface area (Å²) in [5.74, 6) is -0.846. The molecule has 3 N–H and O–H groups in total. The maximum Gasteiger partial charge on any atom is 0.337 e. The van der Waals surface area contributed by atoms with Crippen molar-refractivity contribution in [3.05, 3.63) is 29.3 Å². The van der Waals surface area contributed by atoms with E-state index in [0.717, 1.165) is 0 Å². The van der Waals surface area contributed by atoms with E-state index in [2.05, 4.69) is 4.74 Å². The molecule has 0 heterocycles. The van der Waals surface area contributed by atoms with Crippen molar-refractivity contribution >= 4 is 23.2 Å². The molecule has 17 heavy (non-hydrogen) atoms. The third-order valence-electron chi connectivity index (χ3n) is 2.27. The van der Waals surface area contributed by atoms with Crippen LogP contribution in [0.4, 0.5) is 5.69 Å². The Bertz CT molecular complexity index is 481. The van der Waals surface area contributed by atoms with E-state index in [4.69, 9.17) is 11.1 Å². The van der Waals surface area contributed by atoms with Crippen molar-refractivity contribution in [1.29, 1.82) is 5.41 Å². The third kappa shape index (κ3) is 2.90. The molecule has 1 aromatic rings. The largest absolute Gasteiger partial charge is 0.465 e. The van der Waals surface area contributed by atoms with Crippen LogP contribution in [0.1, 0.15) is 29.3 Å². The summed E-state index contributed by atoms with van der Waals surface area (Å²) < 4.78 is 4.56. The van der Waals surface area contributed by atoms with Crippen LogP contribution in [-0.2, 0) is 9.53 Å². The number of benzene rings is 1. The smallest absolute Gasteiger partial charge is 0.337 e. The second-order valence-electron chi connectivity index (χ2n) is 3.49. The summed E-state index contributed by atoms with van der Waals surface area (Å²) >= 11 is 0. The lowest BCUT2D eigenvalue weighted by Gasteiger charge is -2.06. The Labute approximate surface area is 99.1 Å². The zero-order valence-corrected chi connectivity index (χ0v) is 9.74. The van der Waals surface area contributed by atoms with Gasteiger partial charge in [0.25, 0.3) is 0 Å². The number of hydrogen-bond donors (Lipinski definition) is 2. The van der Waals surface area contributed by atoms with Gasteiger partial charge in [-0.3, -0.25) is 10.2 Å². The highest BCUT2D eigenvalue weighted by molar-refractivity contribution is 6.45. The second kappa shape index (κ2) is 5.25. The Morgan fingerprint density at radius 3 is 2.41 bits per heavy atom. The lowest BCUT2D eigenvalue weighted by molar-refractivity contribution is -0.112. The number of carbonyl (C=O) groups excluding carboxylic acids is 2. The normalized spacial score (nSPS) is 9.76. The van der Waals surface area contributed by atoms with Crippen LogP contribution < -0.4 is 5.73 Å². The zero-order chi connectivity index (χ0) is 13.0. The number of carbonyl (C=O) groups is 2. The van der Waals surface area contributed by atoms with Gasteiger partial charge in [-0.25, -0.2) is 4.79 Å². The number of hydrogen-bond acceptors (Lipinski definition) is 5. The first kappa shape index (κ1) is 12.9. The molecule has 0 aromatic heterocycles. The molecule has 0 aliphatic carbocycles. The van der Waals surface area contributed by atoms with Crippen LogP contribution in [-0.4, -0.2) is 24.6 Å². The highest BCUT2D eigenvalue weighted by Gasteiger charge is 2.14. The first-order valence-electron chi connectivity index (χ1n) is 5.10. The van der Waals surface area contributed by atoms with E-state index < -0.39 is 5.97 Å². The van der Waals surface area contributed by atoms with Crippen molar-refractivity contribution in [2.75, 3.05) is 12.8 Å². The molecule has 0 amide bonds. The number of ketones is 1. The van der Waals surface area contributed by atoms with Crippen molar-refractivity contribution in [2.45, 2.75) is 13.3 Å². The Morgan fingerprint density at radius 1 is 1.29 bits per heavy atom. The van der Waals surface area contributed by atoms with Crippen molar-refractivity contribution in [3.8, 4) is 0 Å². The van der Waals surface area contributed by atoms with Crippen LogP contribution in [0.5, 0.6) is 0 Å². The van der Waals surface area contributed by atoms with E-state index in [-0.39, 0.29) is 23.5 Å². The van der Waals surface area contributed by atoms with Gasteiger partial charge in [-0.05, 0) is 18.2 Å². The van der Waals surface area contributed by atoms with E-state index in [0.29, 0.717) is 11.3 Å². The third-order valence-corrected chi connectivity index (χ3v) is 2.27. The van der Waals surface area contributed by atoms with Gasteiger partial charge in [-0.15, -0.1) is 0 Å². The van der Waals surface area contributed by atoms with E-state index in [9.17, 15) is 9.59 Å². The average Bonchev–Trinajstić information content (AvgIpc) is 2.35. The number of rotatable bonds is 4. The summed E-state index contributed by atoms with van der Waals surface area (Å²) in [5, 5.41) is 7.67. The van der Waals surface area contributed by atoms with E-state index in [1.807, 2.05) is 0 Å². The fourth-order valence-corrected chi connectivity index (χ4v) is 1.37. The molecule has 5 heteroatoms. The van der Waals surface area contributed by atoms with Gasteiger partial charge in [-0.2, -0.15) is 0 Å². The molecule has 0 atom stereocenters. The highest BCUT2D eigenvalue weighted by Crippen LogP contribution is 2.14. The van der Waals surface area contributed by atoms with Crippen molar-refractivity contribution in [2.24, 2.45) is 0 Å². The van der Waals surface area contributed by atoms with Crippen LogP contribution in [0.3, 0.4) is 0 Å². The zero-order valence-electron chi connectivity index (χ0n) is 9.74. The molecule has 0 spiro atoms. The Morgan fingerprint density at radius 2 is 1.88 bits per heavy atom. The lowest BCUT2D eigenvalue weighted by atomic mass is 10.0. The summed E-state index contributed by atoms with van der Waals surface area (Å²) in [6, 6.07) is 4.36.